The normalized spacial score (nSPS) is 11.8. The maximum atomic E-state index is 12.1. The zero-order valence-electron chi connectivity index (χ0n) is 12.3. The standard InChI is InChI=1S/C17H19IN2O2/c1-12-9-14(18)7-8-16(12)20-17(22)19-15(11-21)10-13-5-3-2-4-6-13/h2-9,15,21H,10-11H2,1H3,(H2,19,20,22). The van der Waals surface area contributed by atoms with Crippen molar-refractivity contribution in [1.82, 2.24) is 5.32 Å². The Morgan fingerprint density at radius 3 is 2.59 bits per heavy atom. The fourth-order valence-corrected chi connectivity index (χ4v) is 2.82. The lowest BCUT2D eigenvalue weighted by Crippen LogP contribution is -2.41. The summed E-state index contributed by atoms with van der Waals surface area (Å²) in [5.41, 5.74) is 2.85. The Kier molecular flexibility index (Phi) is 6.21. The van der Waals surface area contributed by atoms with Gasteiger partial charge in [0.15, 0.2) is 0 Å². The number of hydrogen-bond donors (Lipinski definition) is 3. The number of aliphatic hydroxyl groups excluding tert-OH is 1. The number of carbonyl (C=O) groups is 1. The average molecular weight is 410 g/mol. The average Bonchev–Trinajstić information content (AvgIpc) is 2.50. The van der Waals surface area contributed by atoms with Crippen LogP contribution in [0.5, 0.6) is 0 Å². The van der Waals surface area contributed by atoms with Crippen LogP contribution in [0.4, 0.5) is 10.5 Å². The highest BCUT2D eigenvalue weighted by atomic mass is 127. The lowest BCUT2D eigenvalue weighted by atomic mass is 10.1. The third-order valence-electron chi connectivity index (χ3n) is 3.32. The molecule has 2 amide bonds. The van der Waals surface area contributed by atoms with Gasteiger partial charge in [-0.05, 0) is 65.3 Å². The minimum Gasteiger partial charge on any atom is -0.394 e. The third kappa shape index (κ3) is 4.99. The maximum absolute atomic E-state index is 12.1. The lowest BCUT2D eigenvalue weighted by molar-refractivity contribution is 0.224. The van der Waals surface area contributed by atoms with Crippen LogP contribution in [0.25, 0.3) is 0 Å². The zero-order chi connectivity index (χ0) is 15.9. The van der Waals surface area contributed by atoms with Gasteiger partial charge >= 0.3 is 6.03 Å². The Labute approximate surface area is 144 Å². The van der Waals surface area contributed by atoms with Crippen molar-refractivity contribution in [2.24, 2.45) is 0 Å². The number of aliphatic hydroxyl groups is 1. The second-order valence-electron chi connectivity index (χ2n) is 5.13. The summed E-state index contributed by atoms with van der Waals surface area (Å²) in [6.45, 7) is 1.85. The molecule has 2 aromatic carbocycles. The number of halogens is 1. The van der Waals surface area contributed by atoms with Gasteiger partial charge in [0.1, 0.15) is 0 Å². The van der Waals surface area contributed by atoms with E-state index in [9.17, 15) is 9.90 Å². The summed E-state index contributed by atoms with van der Waals surface area (Å²) in [5.74, 6) is 0. The summed E-state index contributed by atoms with van der Waals surface area (Å²) in [6.07, 6.45) is 0.594. The molecule has 0 aliphatic heterocycles. The molecule has 1 unspecified atom stereocenters. The number of amides is 2. The smallest absolute Gasteiger partial charge is 0.319 e. The quantitative estimate of drug-likeness (QED) is 0.663. The molecular formula is C17H19IN2O2. The molecule has 0 heterocycles. The van der Waals surface area contributed by atoms with Crippen LogP contribution in [0.15, 0.2) is 48.5 Å². The molecule has 0 aliphatic carbocycles. The number of urea groups is 1. The molecule has 116 valence electrons. The van der Waals surface area contributed by atoms with Gasteiger partial charge in [0.2, 0.25) is 0 Å². The van der Waals surface area contributed by atoms with E-state index in [2.05, 4.69) is 33.2 Å². The molecule has 0 spiro atoms. The summed E-state index contributed by atoms with van der Waals surface area (Å²) in [5, 5.41) is 15.1. The number of anilines is 1. The van der Waals surface area contributed by atoms with E-state index in [1.807, 2.05) is 55.5 Å². The minimum absolute atomic E-state index is 0.103. The molecule has 3 N–H and O–H groups in total. The van der Waals surface area contributed by atoms with Gasteiger partial charge in [-0.15, -0.1) is 0 Å². The van der Waals surface area contributed by atoms with Gasteiger partial charge in [0, 0.05) is 9.26 Å². The van der Waals surface area contributed by atoms with Crippen LogP contribution < -0.4 is 10.6 Å². The highest BCUT2D eigenvalue weighted by Crippen LogP contribution is 2.17. The second kappa shape index (κ2) is 8.14. The molecule has 22 heavy (non-hydrogen) atoms. The summed E-state index contributed by atoms with van der Waals surface area (Å²) in [4.78, 5) is 12.1. The number of carbonyl (C=O) groups excluding carboxylic acids is 1. The number of benzene rings is 2. The van der Waals surface area contributed by atoms with Gasteiger partial charge in [-0.1, -0.05) is 30.3 Å². The molecule has 0 bridgehead atoms. The van der Waals surface area contributed by atoms with Crippen LogP contribution >= 0.6 is 22.6 Å². The van der Waals surface area contributed by atoms with E-state index >= 15 is 0 Å². The third-order valence-corrected chi connectivity index (χ3v) is 3.99. The Balaban J connectivity index is 1.94. The fourth-order valence-electron chi connectivity index (χ4n) is 2.17. The molecule has 2 aromatic rings. The fraction of sp³-hybridized carbons (Fsp3) is 0.235. The molecule has 0 saturated carbocycles. The van der Waals surface area contributed by atoms with E-state index in [4.69, 9.17) is 0 Å². The van der Waals surface area contributed by atoms with Gasteiger partial charge in [0.05, 0.1) is 12.6 Å². The van der Waals surface area contributed by atoms with Crippen LogP contribution in [0.3, 0.4) is 0 Å². The number of rotatable bonds is 5. The van der Waals surface area contributed by atoms with Crippen LogP contribution in [0, 0.1) is 10.5 Å². The van der Waals surface area contributed by atoms with E-state index < -0.39 is 0 Å². The molecule has 0 aromatic heterocycles. The zero-order valence-corrected chi connectivity index (χ0v) is 14.5. The first-order valence-corrected chi connectivity index (χ1v) is 8.15. The molecule has 2 rings (SSSR count). The Morgan fingerprint density at radius 1 is 1.23 bits per heavy atom. The summed E-state index contributed by atoms with van der Waals surface area (Å²) in [6, 6.07) is 15.0. The van der Waals surface area contributed by atoms with Crippen molar-refractivity contribution >= 4 is 34.3 Å². The van der Waals surface area contributed by atoms with Crippen molar-refractivity contribution < 1.29 is 9.90 Å². The molecule has 0 radical (unpaired) electrons. The maximum Gasteiger partial charge on any atom is 0.319 e. The van der Waals surface area contributed by atoms with Crippen molar-refractivity contribution in [3.63, 3.8) is 0 Å². The molecule has 4 nitrogen and oxygen atoms in total. The number of hydrogen-bond acceptors (Lipinski definition) is 2. The van der Waals surface area contributed by atoms with Crippen molar-refractivity contribution in [2.75, 3.05) is 11.9 Å². The molecule has 0 saturated heterocycles. The van der Waals surface area contributed by atoms with Gasteiger partial charge in [-0.3, -0.25) is 0 Å². The van der Waals surface area contributed by atoms with Crippen LogP contribution in [0.1, 0.15) is 11.1 Å². The Hall–Kier alpha value is -1.60. The minimum atomic E-state index is -0.313. The molecule has 1 atom stereocenters. The molecule has 5 heteroatoms. The largest absolute Gasteiger partial charge is 0.394 e. The SMILES string of the molecule is Cc1cc(I)ccc1NC(=O)NC(CO)Cc1ccccc1. The van der Waals surface area contributed by atoms with E-state index in [0.29, 0.717) is 6.42 Å². The van der Waals surface area contributed by atoms with Crippen molar-refractivity contribution in [3.8, 4) is 0 Å². The first-order chi connectivity index (χ1) is 10.6. The van der Waals surface area contributed by atoms with Gasteiger partial charge < -0.3 is 15.7 Å². The van der Waals surface area contributed by atoms with Crippen molar-refractivity contribution in [1.29, 1.82) is 0 Å². The van der Waals surface area contributed by atoms with E-state index in [1.54, 1.807) is 0 Å². The lowest BCUT2D eigenvalue weighted by Gasteiger charge is -2.17. The van der Waals surface area contributed by atoms with E-state index in [1.165, 1.54) is 0 Å². The summed E-state index contributed by atoms with van der Waals surface area (Å²) >= 11 is 2.23. The molecule has 0 fully saturated rings. The monoisotopic (exact) mass is 410 g/mol. The topological polar surface area (TPSA) is 61.4 Å². The Morgan fingerprint density at radius 2 is 1.95 bits per heavy atom. The number of aryl methyl sites for hydroxylation is 1. The Bertz CT molecular complexity index is 632. The highest BCUT2D eigenvalue weighted by molar-refractivity contribution is 14.1. The second-order valence-corrected chi connectivity index (χ2v) is 6.37. The van der Waals surface area contributed by atoms with E-state index in [0.717, 1.165) is 20.4 Å². The van der Waals surface area contributed by atoms with Crippen LogP contribution in [-0.2, 0) is 6.42 Å². The van der Waals surface area contributed by atoms with Crippen LogP contribution in [-0.4, -0.2) is 23.8 Å². The number of nitrogens with one attached hydrogen (secondary N) is 2. The van der Waals surface area contributed by atoms with Gasteiger partial charge in [0.25, 0.3) is 0 Å². The van der Waals surface area contributed by atoms with Crippen molar-refractivity contribution in [2.45, 2.75) is 19.4 Å². The van der Waals surface area contributed by atoms with Gasteiger partial charge in [-0.25, -0.2) is 4.79 Å². The molecular weight excluding hydrogens is 391 g/mol. The van der Waals surface area contributed by atoms with E-state index in [-0.39, 0.29) is 18.7 Å². The summed E-state index contributed by atoms with van der Waals surface area (Å²) in [7, 11) is 0. The molecule has 0 aliphatic rings. The summed E-state index contributed by atoms with van der Waals surface area (Å²) < 4.78 is 1.12. The highest BCUT2D eigenvalue weighted by Gasteiger charge is 2.12. The van der Waals surface area contributed by atoms with Crippen LogP contribution in [0.2, 0.25) is 0 Å². The predicted octanol–water partition coefficient (Wildman–Crippen LogP) is 3.32. The first-order valence-electron chi connectivity index (χ1n) is 7.07. The van der Waals surface area contributed by atoms with Crippen molar-refractivity contribution in [3.05, 3.63) is 63.2 Å². The van der Waals surface area contributed by atoms with Gasteiger partial charge in [-0.2, -0.15) is 0 Å². The predicted molar refractivity (Wildman–Crippen MR) is 97.1 cm³/mol. The first kappa shape index (κ1) is 16.8.